The molecule has 2 amide bonds. The number of halogens is 1. The van der Waals surface area contributed by atoms with Crippen molar-refractivity contribution in [2.24, 2.45) is 5.92 Å². The summed E-state index contributed by atoms with van der Waals surface area (Å²) in [6.45, 7) is 4.62. The van der Waals surface area contributed by atoms with Crippen molar-refractivity contribution in [1.82, 2.24) is 14.8 Å². The summed E-state index contributed by atoms with van der Waals surface area (Å²) in [6, 6.07) is 5.01. The van der Waals surface area contributed by atoms with Crippen molar-refractivity contribution < 1.29 is 9.59 Å². The second kappa shape index (κ2) is 9.03. The number of carbonyl (C=O) groups is 2. The van der Waals surface area contributed by atoms with Crippen LogP contribution in [0.25, 0.3) is 0 Å². The van der Waals surface area contributed by atoms with Gasteiger partial charge in [-0.25, -0.2) is 4.98 Å². The quantitative estimate of drug-likeness (QED) is 0.801. The van der Waals surface area contributed by atoms with Crippen LogP contribution < -0.4 is 5.32 Å². The maximum Gasteiger partial charge on any atom is 0.254 e. The second-order valence-electron chi connectivity index (χ2n) is 7.29. The van der Waals surface area contributed by atoms with Crippen molar-refractivity contribution in [3.05, 3.63) is 44.9 Å². The number of hydrogen-bond acceptors (Lipinski definition) is 5. The van der Waals surface area contributed by atoms with Crippen molar-refractivity contribution >= 4 is 40.4 Å². The third-order valence-electron chi connectivity index (χ3n) is 4.88. The Morgan fingerprint density at radius 2 is 2.04 bits per heavy atom. The molecule has 0 bridgehead atoms. The number of benzene rings is 1. The fourth-order valence-electron chi connectivity index (χ4n) is 3.31. The van der Waals surface area contributed by atoms with E-state index in [2.05, 4.69) is 20.6 Å². The number of likely N-dealkylation sites (tertiary alicyclic amines) is 1. The minimum atomic E-state index is -0.162. The summed E-state index contributed by atoms with van der Waals surface area (Å²) in [7, 11) is 3.35. The van der Waals surface area contributed by atoms with E-state index in [9.17, 15) is 9.59 Å². The number of nitrogens with one attached hydrogen (secondary N) is 1. The van der Waals surface area contributed by atoms with Gasteiger partial charge in [-0.1, -0.05) is 11.6 Å². The number of rotatable bonds is 5. The first-order valence-electron chi connectivity index (χ1n) is 9.29. The summed E-state index contributed by atoms with van der Waals surface area (Å²) in [5, 5.41) is 6.46. The molecule has 0 atom stereocenters. The lowest BCUT2D eigenvalue weighted by Crippen LogP contribution is -2.37. The summed E-state index contributed by atoms with van der Waals surface area (Å²) >= 11 is 7.89. The Morgan fingerprint density at radius 1 is 1.32 bits per heavy atom. The number of anilines is 1. The zero-order valence-electron chi connectivity index (χ0n) is 16.4. The van der Waals surface area contributed by atoms with Gasteiger partial charge in [-0.15, -0.1) is 11.3 Å². The normalized spacial score (nSPS) is 15.4. The topological polar surface area (TPSA) is 65.5 Å². The molecule has 1 aromatic carbocycles. The van der Waals surface area contributed by atoms with Crippen molar-refractivity contribution in [2.45, 2.75) is 26.3 Å². The van der Waals surface area contributed by atoms with Gasteiger partial charge in [-0.3, -0.25) is 14.5 Å². The molecule has 8 heteroatoms. The molecule has 1 saturated heterocycles. The van der Waals surface area contributed by atoms with Crippen LogP contribution in [0.15, 0.2) is 23.6 Å². The van der Waals surface area contributed by atoms with Crippen LogP contribution in [0.4, 0.5) is 5.69 Å². The van der Waals surface area contributed by atoms with E-state index in [0.717, 1.165) is 43.2 Å². The SMILES string of the molecule is Cc1nc(CN2CCC(C(=O)Nc3ccc(C(=O)N(C)C)c(Cl)c3)CC2)cs1. The first-order chi connectivity index (χ1) is 13.3. The third kappa shape index (κ3) is 5.10. The van der Waals surface area contributed by atoms with Crippen molar-refractivity contribution in [1.29, 1.82) is 0 Å². The van der Waals surface area contributed by atoms with Gasteiger partial charge in [0.1, 0.15) is 0 Å². The molecule has 0 unspecified atom stereocenters. The van der Waals surface area contributed by atoms with Crippen LogP contribution >= 0.6 is 22.9 Å². The standard InChI is InChI=1S/C20H25ClN4O2S/c1-13-22-16(12-28-13)11-25-8-6-14(7-9-25)19(26)23-15-4-5-17(18(21)10-15)20(27)24(2)3/h4-5,10,12,14H,6-9,11H2,1-3H3,(H,23,26). The Labute approximate surface area is 174 Å². The van der Waals surface area contributed by atoms with E-state index in [-0.39, 0.29) is 17.7 Å². The molecule has 1 fully saturated rings. The molecule has 3 rings (SSSR count). The third-order valence-corrected chi connectivity index (χ3v) is 6.02. The van der Waals surface area contributed by atoms with Crippen LogP contribution in [-0.2, 0) is 11.3 Å². The molecule has 0 saturated carbocycles. The molecule has 0 aliphatic carbocycles. The van der Waals surface area contributed by atoms with E-state index in [1.54, 1.807) is 43.6 Å². The zero-order chi connectivity index (χ0) is 20.3. The molecule has 1 aliphatic rings. The van der Waals surface area contributed by atoms with Crippen molar-refractivity contribution in [3.8, 4) is 0 Å². The van der Waals surface area contributed by atoms with E-state index < -0.39 is 0 Å². The van der Waals surface area contributed by atoms with Crippen molar-refractivity contribution in [3.63, 3.8) is 0 Å². The van der Waals surface area contributed by atoms with Crippen LogP contribution in [-0.4, -0.2) is 53.8 Å². The lowest BCUT2D eigenvalue weighted by molar-refractivity contribution is -0.121. The van der Waals surface area contributed by atoms with Gasteiger partial charge >= 0.3 is 0 Å². The van der Waals surface area contributed by atoms with Gasteiger partial charge in [0, 0.05) is 37.6 Å². The highest BCUT2D eigenvalue weighted by atomic mass is 35.5. The number of piperidine rings is 1. The number of carbonyl (C=O) groups excluding carboxylic acids is 2. The van der Waals surface area contributed by atoms with E-state index >= 15 is 0 Å². The average Bonchev–Trinajstić information content (AvgIpc) is 3.06. The predicted molar refractivity (Wildman–Crippen MR) is 113 cm³/mol. The maximum absolute atomic E-state index is 12.6. The number of amides is 2. The van der Waals surface area contributed by atoms with Gasteiger partial charge in [-0.2, -0.15) is 0 Å². The van der Waals surface area contributed by atoms with Gasteiger partial charge in [0.25, 0.3) is 5.91 Å². The highest BCUT2D eigenvalue weighted by Crippen LogP contribution is 2.25. The molecule has 6 nitrogen and oxygen atoms in total. The molecule has 1 aliphatic heterocycles. The van der Waals surface area contributed by atoms with Gasteiger partial charge in [0.2, 0.25) is 5.91 Å². The second-order valence-corrected chi connectivity index (χ2v) is 8.76. The van der Waals surface area contributed by atoms with Crippen LogP contribution in [0.1, 0.15) is 33.9 Å². The number of hydrogen-bond donors (Lipinski definition) is 1. The molecular weight excluding hydrogens is 396 g/mol. The molecule has 2 aromatic rings. The molecule has 1 aromatic heterocycles. The molecule has 150 valence electrons. The number of aromatic nitrogens is 1. The number of nitrogens with zero attached hydrogens (tertiary/aromatic N) is 3. The summed E-state index contributed by atoms with van der Waals surface area (Å²) in [5.74, 6) is -0.173. The fourth-order valence-corrected chi connectivity index (χ4v) is 4.18. The zero-order valence-corrected chi connectivity index (χ0v) is 17.9. The Balaban J connectivity index is 1.53. The van der Waals surface area contributed by atoms with Crippen LogP contribution in [0.2, 0.25) is 5.02 Å². The van der Waals surface area contributed by atoms with E-state index in [1.165, 1.54) is 4.90 Å². The van der Waals surface area contributed by atoms with Gasteiger partial charge in [-0.05, 0) is 51.1 Å². The maximum atomic E-state index is 12.6. The molecular formula is C20H25ClN4O2S. The summed E-state index contributed by atoms with van der Waals surface area (Å²) in [4.78, 5) is 33.0. The molecule has 1 N–H and O–H groups in total. The minimum absolute atomic E-state index is 0.00639. The Morgan fingerprint density at radius 3 is 2.61 bits per heavy atom. The van der Waals surface area contributed by atoms with Gasteiger partial charge in [0.05, 0.1) is 21.3 Å². The smallest absolute Gasteiger partial charge is 0.254 e. The summed E-state index contributed by atoms with van der Waals surface area (Å²) in [5.41, 5.74) is 2.15. The van der Waals surface area contributed by atoms with E-state index in [4.69, 9.17) is 11.6 Å². The molecule has 2 heterocycles. The highest BCUT2D eigenvalue weighted by Gasteiger charge is 2.25. The van der Waals surface area contributed by atoms with Crippen LogP contribution in [0.5, 0.6) is 0 Å². The first-order valence-corrected chi connectivity index (χ1v) is 10.5. The number of thiazole rings is 1. The Kier molecular flexibility index (Phi) is 6.69. The van der Waals surface area contributed by atoms with Crippen LogP contribution in [0, 0.1) is 12.8 Å². The predicted octanol–water partition coefficient (Wildman–Crippen LogP) is 3.66. The number of aryl methyl sites for hydroxylation is 1. The minimum Gasteiger partial charge on any atom is -0.345 e. The monoisotopic (exact) mass is 420 g/mol. The Bertz CT molecular complexity index is 860. The van der Waals surface area contributed by atoms with Gasteiger partial charge < -0.3 is 10.2 Å². The van der Waals surface area contributed by atoms with Crippen molar-refractivity contribution in [2.75, 3.05) is 32.5 Å². The largest absolute Gasteiger partial charge is 0.345 e. The fraction of sp³-hybridized carbons (Fsp3) is 0.450. The molecule has 0 spiro atoms. The first kappa shape index (κ1) is 20.8. The average molecular weight is 421 g/mol. The summed E-state index contributed by atoms with van der Waals surface area (Å²) < 4.78 is 0. The van der Waals surface area contributed by atoms with Crippen LogP contribution in [0.3, 0.4) is 0 Å². The highest BCUT2D eigenvalue weighted by molar-refractivity contribution is 7.09. The van der Waals surface area contributed by atoms with Gasteiger partial charge in [0.15, 0.2) is 0 Å². The van der Waals surface area contributed by atoms with E-state index in [1.807, 2.05) is 6.92 Å². The Hall–Kier alpha value is -1.96. The molecule has 28 heavy (non-hydrogen) atoms. The summed E-state index contributed by atoms with van der Waals surface area (Å²) in [6.07, 6.45) is 1.64. The van der Waals surface area contributed by atoms with E-state index in [0.29, 0.717) is 16.3 Å². The lowest BCUT2D eigenvalue weighted by Gasteiger charge is -2.30. The molecule has 0 radical (unpaired) electrons. The lowest BCUT2D eigenvalue weighted by atomic mass is 9.95.